The summed E-state index contributed by atoms with van der Waals surface area (Å²) < 4.78 is 2.14. The van der Waals surface area contributed by atoms with E-state index in [1.54, 1.807) is 0 Å². The summed E-state index contributed by atoms with van der Waals surface area (Å²) >= 11 is 0. The van der Waals surface area contributed by atoms with Crippen LogP contribution < -0.4 is 0 Å². The lowest BCUT2D eigenvalue weighted by Gasteiger charge is -1.96. The second-order valence-corrected chi connectivity index (χ2v) is 5.56. The molecule has 2 aromatic heterocycles. The van der Waals surface area contributed by atoms with Gasteiger partial charge in [0, 0.05) is 30.5 Å². The molecule has 2 aromatic carbocycles. The molecule has 0 saturated carbocycles. The maximum atomic E-state index is 3.16. The Morgan fingerprint density at radius 3 is 2.33 bits per heavy atom. The van der Waals surface area contributed by atoms with Crippen molar-refractivity contribution in [2.45, 2.75) is 13.8 Å². The Hall–Kier alpha value is -2.48. The molecule has 0 unspecified atom stereocenters. The average molecular weight is 276 g/mol. The van der Waals surface area contributed by atoms with Crippen LogP contribution >= 0.6 is 0 Å². The summed E-state index contributed by atoms with van der Waals surface area (Å²) in [6.07, 6.45) is 4.05. The van der Waals surface area contributed by atoms with Crippen molar-refractivity contribution in [3.05, 3.63) is 72.1 Å². The number of benzene rings is 2. The van der Waals surface area contributed by atoms with E-state index in [9.17, 15) is 0 Å². The maximum absolute atomic E-state index is 3.16. The molecule has 1 N–H and O–H groups in total. The first-order valence-electron chi connectivity index (χ1n) is 7.19. The zero-order chi connectivity index (χ0) is 14.8. The maximum Gasteiger partial charge on any atom is 0.0480 e. The number of aromatic amines is 1. The molecule has 0 spiro atoms. The predicted octanol–water partition coefficient (Wildman–Crippen LogP) is 4.96. The molecule has 2 heterocycles. The van der Waals surface area contributed by atoms with Crippen molar-refractivity contribution in [3.8, 4) is 0 Å². The highest BCUT2D eigenvalue weighted by molar-refractivity contribution is 5.80. The molecule has 0 aliphatic heterocycles. The fourth-order valence-electron chi connectivity index (χ4n) is 2.53. The van der Waals surface area contributed by atoms with Gasteiger partial charge in [-0.05, 0) is 60.0 Å². The second-order valence-electron chi connectivity index (χ2n) is 5.56. The number of fused-ring (bicyclic) bond motifs is 2. The Bertz CT molecular complexity index is 881. The van der Waals surface area contributed by atoms with E-state index in [0.717, 1.165) is 0 Å². The number of hydrogen-bond acceptors (Lipinski definition) is 0. The third kappa shape index (κ3) is 2.84. The summed E-state index contributed by atoms with van der Waals surface area (Å²) in [6.45, 7) is 4.22. The minimum Gasteiger partial charge on any atom is -0.361 e. The van der Waals surface area contributed by atoms with Gasteiger partial charge in [-0.1, -0.05) is 24.3 Å². The van der Waals surface area contributed by atoms with Crippen molar-refractivity contribution in [3.63, 3.8) is 0 Å². The van der Waals surface area contributed by atoms with Crippen LogP contribution in [0.3, 0.4) is 0 Å². The molecule has 4 aromatic rings. The van der Waals surface area contributed by atoms with Gasteiger partial charge in [0.15, 0.2) is 0 Å². The number of nitrogens with zero attached hydrogens (tertiary/aromatic N) is 1. The Labute approximate surface area is 125 Å². The summed E-state index contributed by atoms with van der Waals surface area (Å²) in [4.78, 5) is 3.16. The van der Waals surface area contributed by atoms with Crippen molar-refractivity contribution in [1.29, 1.82) is 0 Å². The predicted molar refractivity (Wildman–Crippen MR) is 90.7 cm³/mol. The Morgan fingerprint density at radius 2 is 1.52 bits per heavy atom. The summed E-state index contributed by atoms with van der Waals surface area (Å²) in [7, 11) is 2.07. The van der Waals surface area contributed by atoms with Gasteiger partial charge in [0.05, 0.1) is 0 Å². The SMILES string of the molecule is Cc1ccc2cc[nH]c2c1.Cc1ccc2ccn(C)c2c1. The minimum atomic E-state index is 1.22. The highest BCUT2D eigenvalue weighted by atomic mass is 14.9. The van der Waals surface area contributed by atoms with Crippen molar-refractivity contribution < 1.29 is 0 Å². The normalized spacial score (nSPS) is 10.6. The van der Waals surface area contributed by atoms with Crippen molar-refractivity contribution in [1.82, 2.24) is 9.55 Å². The molecule has 2 heteroatoms. The molecular formula is C19H20N2. The molecule has 0 aliphatic rings. The van der Waals surface area contributed by atoms with Crippen LogP contribution in [-0.2, 0) is 7.05 Å². The van der Waals surface area contributed by atoms with Crippen LogP contribution in [0.1, 0.15) is 11.1 Å². The highest BCUT2D eigenvalue weighted by Gasteiger charge is 1.95. The number of rotatable bonds is 0. The van der Waals surface area contributed by atoms with Gasteiger partial charge in [-0.3, -0.25) is 0 Å². The smallest absolute Gasteiger partial charge is 0.0480 e. The van der Waals surface area contributed by atoms with Gasteiger partial charge >= 0.3 is 0 Å². The molecule has 0 fully saturated rings. The number of H-pyrrole nitrogens is 1. The standard InChI is InChI=1S/C10H11N.C9H9N/c1-8-3-4-9-5-6-11(2)10(9)7-8;1-7-2-3-8-4-5-10-9(8)6-7/h3-7H,1-2H3;2-6,10H,1H3. The van der Waals surface area contributed by atoms with Crippen molar-refractivity contribution in [2.75, 3.05) is 0 Å². The molecule has 4 rings (SSSR count). The zero-order valence-corrected chi connectivity index (χ0v) is 12.7. The lowest BCUT2D eigenvalue weighted by Crippen LogP contribution is -1.83. The van der Waals surface area contributed by atoms with Crippen LogP contribution in [0.15, 0.2) is 60.9 Å². The quantitative estimate of drug-likeness (QED) is 0.468. The lowest BCUT2D eigenvalue weighted by molar-refractivity contribution is 0.968. The third-order valence-corrected chi connectivity index (χ3v) is 3.75. The summed E-state index contributed by atoms with van der Waals surface area (Å²) in [6, 6.07) is 17.1. The Kier molecular flexibility index (Phi) is 3.53. The fourth-order valence-corrected chi connectivity index (χ4v) is 2.53. The van der Waals surface area contributed by atoms with Gasteiger partial charge in [-0.25, -0.2) is 0 Å². The van der Waals surface area contributed by atoms with Crippen LogP contribution in [0.5, 0.6) is 0 Å². The topological polar surface area (TPSA) is 20.7 Å². The molecule has 0 aliphatic carbocycles. The van der Waals surface area contributed by atoms with Gasteiger partial charge < -0.3 is 9.55 Å². The molecule has 0 radical (unpaired) electrons. The fraction of sp³-hybridized carbons (Fsp3) is 0.158. The zero-order valence-electron chi connectivity index (χ0n) is 12.7. The first-order valence-corrected chi connectivity index (χ1v) is 7.19. The number of aromatic nitrogens is 2. The second kappa shape index (κ2) is 5.49. The van der Waals surface area contributed by atoms with Gasteiger partial charge in [0.2, 0.25) is 0 Å². The largest absolute Gasteiger partial charge is 0.361 e. The van der Waals surface area contributed by atoms with E-state index in [1.165, 1.54) is 32.9 Å². The highest BCUT2D eigenvalue weighted by Crippen LogP contribution is 2.15. The van der Waals surface area contributed by atoms with Gasteiger partial charge in [0.1, 0.15) is 0 Å². The number of hydrogen-bond donors (Lipinski definition) is 1. The number of nitrogens with one attached hydrogen (secondary N) is 1. The Morgan fingerprint density at radius 1 is 0.810 bits per heavy atom. The molecule has 0 bridgehead atoms. The summed E-state index contributed by atoms with van der Waals surface area (Å²) in [5.41, 5.74) is 5.15. The van der Waals surface area contributed by atoms with E-state index in [-0.39, 0.29) is 0 Å². The first kappa shape index (κ1) is 13.5. The molecule has 0 saturated heterocycles. The van der Waals surface area contributed by atoms with E-state index < -0.39 is 0 Å². The van der Waals surface area contributed by atoms with Gasteiger partial charge in [0.25, 0.3) is 0 Å². The van der Waals surface area contributed by atoms with Crippen LogP contribution in [-0.4, -0.2) is 9.55 Å². The van der Waals surface area contributed by atoms with Gasteiger partial charge in [-0.2, -0.15) is 0 Å². The third-order valence-electron chi connectivity index (χ3n) is 3.75. The molecular weight excluding hydrogens is 256 g/mol. The van der Waals surface area contributed by atoms with E-state index >= 15 is 0 Å². The van der Waals surface area contributed by atoms with Crippen LogP contribution in [0.2, 0.25) is 0 Å². The van der Waals surface area contributed by atoms with E-state index in [4.69, 9.17) is 0 Å². The molecule has 0 atom stereocenters. The summed E-state index contributed by atoms with van der Waals surface area (Å²) in [5, 5.41) is 2.60. The number of aryl methyl sites for hydroxylation is 3. The van der Waals surface area contributed by atoms with Gasteiger partial charge in [-0.15, -0.1) is 0 Å². The van der Waals surface area contributed by atoms with Crippen molar-refractivity contribution >= 4 is 21.8 Å². The van der Waals surface area contributed by atoms with E-state index in [1.807, 2.05) is 6.20 Å². The monoisotopic (exact) mass is 276 g/mol. The van der Waals surface area contributed by atoms with Crippen LogP contribution in [0.25, 0.3) is 21.8 Å². The first-order chi connectivity index (χ1) is 10.1. The average Bonchev–Trinajstić information content (AvgIpc) is 3.06. The summed E-state index contributed by atoms with van der Waals surface area (Å²) in [5.74, 6) is 0. The van der Waals surface area contributed by atoms with Crippen LogP contribution in [0, 0.1) is 13.8 Å². The molecule has 106 valence electrons. The Balaban J connectivity index is 0.000000126. The van der Waals surface area contributed by atoms with Crippen LogP contribution in [0.4, 0.5) is 0 Å². The lowest BCUT2D eigenvalue weighted by atomic mass is 10.2. The molecule has 2 nitrogen and oxygen atoms in total. The molecule has 0 amide bonds. The molecule has 21 heavy (non-hydrogen) atoms. The van der Waals surface area contributed by atoms with Crippen molar-refractivity contribution in [2.24, 2.45) is 7.05 Å². The van der Waals surface area contributed by atoms with E-state index in [0.29, 0.717) is 0 Å². The minimum absolute atomic E-state index is 1.22. The van der Waals surface area contributed by atoms with E-state index in [2.05, 4.69) is 85.2 Å².